The predicted octanol–water partition coefficient (Wildman–Crippen LogP) is 0.603. The first-order valence-corrected chi connectivity index (χ1v) is 4.61. The van der Waals surface area contributed by atoms with Gasteiger partial charge in [-0.15, -0.1) is 0 Å². The van der Waals surface area contributed by atoms with Gasteiger partial charge < -0.3 is 4.74 Å². The predicted molar refractivity (Wildman–Crippen MR) is 48.2 cm³/mol. The lowest BCUT2D eigenvalue weighted by Crippen LogP contribution is -2.38. The minimum Gasteiger partial charge on any atom is -0.379 e. The van der Waals surface area contributed by atoms with Crippen LogP contribution >= 0.6 is 0 Å². The number of nitrogens with zero attached hydrogens (tertiary/aromatic N) is 2. The van der Waals surface area contributed by atoms with Crippen molar-refractivity contribution in [1.29, 1.82) is 0 Å². The number of aromatic nitrogens is 2. The lowest BCUT2D eigenvalue weighted by atomic mass is 10.2. The second-order valence-electron chi connectivity index (χ2n) is 3.24. The van der Waals surface area contributed by atoms with Crippen molar-refractivity contribution in [3.05, 3.63) is 18.0 Å². The van der Waals surface area contributed by atoms with Gasteiger partial charge in [0.05, 0.1) is 24.9 Å². The molecule has 1 saturated heterocycles. The van der Waals surface area contributed by atoms with E-state index in [1.54, 1.807) is 6.20 Å². The maximum Gasteiger partial charge on any atom is 0.0870 e. The molecule has 0 saturated carbocycles. The van der Waals surface area contributed by atoms with Gasteiger partial charge in [0.25, 0.3) is 0 Å². The van der Waals surface area contributed by atoms with E-state index in [9.17, 15) is 0 Å². The summed E-state index contributed by atoms with van der Waals surface area (Å²) >= 11 is 0. The van der Waals surface area contributed by atoms with Crippen LogP contribution < -0.4 is 0 Å². The number of rotatable bonds is 2. The number of morpholine rings is 1. The Bertz CT molecular complexity index is 241. The Morgan fingerprint density at radius 3 is 3.00 bits per heavy atom. The van der Waals surface area contributed by atoms with E-state index in [4.69, 9.17) is 4.74 Å². The van der Waals surface area contributed by atoms with E-state index >= 15 is 0 Å². The maximum absolute atomic E-state index is 5.29. The quantitative estimate of drug-likeness (QED) is 0.724. The number of nitrogens with one attached hydrogen (secondary N) is 1. The van der Waals surface area contributed by atoms with Crippen molar-refractivity contribution in [3.8, 4) is 0 Å². The average Bonchev–Trinajstić information content (AvgIpc) is 2.71. The molecule has 1 aliphatic rings. The molecular weight excluding hydrogens is 166 g/mol. The molecule has 1 atom stereocenters. The molecule has 4 heteroatoms. The monoisotopic (exact) mass is 180 g/mol. The first-order chi connectivity index (χ1) is 6.38. The Balaban J connectivity index is 1.99. The largest absolute Gasteiger partial charge is 0.379 e. The number of hydrogen-bond donors (Lipinski definition) is 1. The van der Waals surface area contributed by atoms with Gasteiger partial charge in [0.2, 0.25) is 0 Å². The highest BCUT2D eigenvalue weighted by Crippen LogP contribution is 2.17. The second kappa shape index (κ2) is 3.89. The van der Waals surface area contributed by atoms with E-state index in [1.165, 1.54) is 0 Å². The highest BCUT2D eigenvalue weighted by atomic mass is 16.5. The standard InChI is InChI=1S/C9H14N3O/c1-8(9-2-3-10-11-9)12-4-6-13-7-5-12/h3,8H,4-7H2,1H3,(H,10,11). The fourth-order valence-electron chi connectivity index (χ4n) is 1.59. The van der Waals surface area contributed by atoms with Crippen LogP contribution in [0.5, 0.6) is 0 Å². The average molecular weight is 180 g/mol. The van der Waals surface area contributed by atoms with Crippen LogP contribution in [0.3, 0.4) is 0 Å². The molecule has 71 valence electrons. The molecule has 1 aromatic rings. The summed E-state index contributed by atoms with van der Waals surface area (Å²) in [6, 6.07) is 3.43. The van der Waals surface area contributed by atoms with Crippen molar-refractivity contribution in [2.24, 2.45) is 0 Å². The minimum absolute atomic E-state index is 0.343. The van der Waals surface area contributed by atoms with E-state index in [1.807, 2.05) is 0 Å². The Hall–Kier alpha value is -0.870. The van der Waals surface area contributed by atoms with E-state index in [2.05, 4.69) is 28.1 Å². The normalized spacial score (nSPS) is 21.6. The van der Waals surface area contributed by atoms with Crippen LogP contribution in [0.15, 0.2) is 6.20 Å². The van der Waals surface area contributed by atoms with Crippen LogP contribution in [0.25, 0.3) is 0 Å². The van der Waals surface area contributed by atoms with E-state index in [0.717, 1.165) is 32.0 Å². The van der Waals surface area contributed by atoms with Gasteiger partial charge >= 0.3 is 0 Å². The third-order valence-corrected chi connectivity index (χ3v) is 2.46. The summed E-state index contributed by atoms with van der Waals surface area (Å²) in [7, 11) is 0. The van der Waals surface area contributed by atoms with Crippen molar-refractivity contribution >= 4 is 0 Å². The first kappa shape index (κ1) is 8.72. The second-order valence-corrected chi connectivity index (χ2v) is 3.24. The van der Waals surface area contributed by atoms with Crippen LogP contribution in [0.4, 0.5) is 0 Å². The fraction of sp³-hybridized carbons (Fsp3) is 0.667. The van der Waals surface area contributed by atoms with Crippen LogP contribution in [0.1, 0.15) is 18.7 Å². The Morgan fingerprint density at radius 1 is 1.62 bits per heavy atom. The summed E-state index contributed by atoms with van der Waals surface area (Å²) in [6.07, 6.45) is 1.74. The summed E-state index contributed by atoms with van der Waals surface area (Å²) < 4.78 is 5.29. The van der Waals surface area contributed by atoms with Gasteiger partial charge in [-0.1, -0.05) is 0 Å². The van der Waals surface area contributed by atoms with Gasteiger partial charge in [0.1, 0.15) is 0 Å². The third kappa shape index (κ3) is 1.89. The molecule has 13 heavy (non-hydrogen) atoms. The molecule has 1 fully saturated rings. The van der Waals surface area contributed by atoms with Crippen molar-refractivity contribution in [2.75, 3.05) is 26.3 Å². The molecule has 1 aromatic heterocycles. The molecule has 1 aliphatic heterocycles. The molecular formula is C9H14N3O. The summed E-state index contributed by atoms with van der Waals surface area (Å²) in [4.78, 5) is 2.36. The van der Waals surface area contributed by atoms with Gasteiger partial charge in [0.15, 0.2) is 0 Å². The summed E-state index contributed by atoms with van der Waals surface area (Å²) in [5, 5.41) is 6.91. The fourth-order valence-corrected chi connectivity index (χ4v) is 1.59. The molecule has 4 nitrogen and oxygen atoms in total. The molecule has 1 radical (unpaired) electrons. The van der Waals surface area contributed by atoms with Crippen molar-refractivity contribution in [3.63, 3.8) is 0 Å². The summed E-state index contributed by atoms with van der Waals surface area (Å²) in [5.74, 6) is 0. The highest BCUT2D eigenvalue weighted by molar-refractivity contribution is 5.01. The van der Waals surface area contributed by atoms with Gasteiger partial charge in [-0.25, -0.2) is 0 Å². The smallest absolute Gasteiger partial charge is 0.0870 e. The van der Waals surface area contributed by atoms with Crippen LogP contribution in [-0.4, -0.2) is 41.4 Å². The molecule has 0 aromatic carbocycles. The van der Waals surface area contributed by atoms with Gasteiger partial charge in [-0.2, -0.15) is 5.10 Å². The van der Waals surface area contributed by atoms with Crippen LogP contribution in [0, 0.1) is 6.07 Å². The molecule has 0 spiro atoms. The lowest BCUT2D eigenvalue weighted by Gasteiger charge is -2.31. The summed E-state index contributed by atoms with van der Waals surface area (Å²) in [5.41, 5.74) is 0.988. The molecule has 0 aliphatic carbocycles. The molecule has 0 amide bonds. The van der Waals surface area contributed by atoms with E-state index < -0.39 is 0 Å². The number of aromatic amines is 1. The van der Waals surface area contributed by atoms with Crippen molar-refractivity contribution in [2.45, 2.75) is 13.0 Å². The highest BCUT2D eigenvalue weighted by Gasteiger charge is 2.19. The lowest BCUT2D eigenvalue weighted by molar-refractivity contribution is 0.0190. The number of ether oxygens (including phenoxy) is 1. The first-order valence-electron chi connectivity index (χ1n) is 4.61. The van der Waals surface area contributed by atoms with Gasteiger partial charge in [-0.05, 0) is 6.92 Å². The molecule has 1 N–H and O–H groups in total. The van der Waals surface area contributed by atoms with Crippen LogP contribution in [-0.2, 0) is 4.74 Å². The SMILES string of the molecule is CC(c1[c]c[nH]n1)N1CCOCC1. The van der Waals surface area contributed by atoms with Crippen molar-refractivity contribution in [1.82, 2.24) is 15.1 Å². The summed E-state index contributed by atoms with van der Waals surface area (Å²) in [6.45, 7) is 5.78. The minimum atomic E-state index is 0.343. The third-order valence-electron chi connectivity index (χ3n) is 2.46. The topological polar surface area (TPSA) is 41.2 Å². The number of H-pyrrole nitrogens is 1. The molecule has 1 unspecified atom stereocenters. The van der Waals surface area contributed by atoms with Gasteiger partial charge in [0, 0.05) is 25.4 Å². The van der Waals surface area contributed by atoms with E-state index in [0.29, 0.717) is 6.04 Å². The molecule has 0 bridgehead atoms. The van der Waals surface area contributed by atoms with Crippen molar-refractivity contribution < 1.29 is 4.74 Å². The Kier molecular flexibility index (Phi) is 2.61. The maximum atomic E-state index is 5.29. The van der Waals surface area contributed by atoms with Crippen LogP contribution in [0.2, 0.25) is 0 Å². The Labute approximate surface area is 77.9 Å². The number of hydrogen-bond acceptors (Lipinski definition) is 3. The molecule has 2 heterocycles. The molecule has 2 rings (SSSR count). The zero-order chi connectivity index (χ0) is 9.10. The Morgan fingerprint density at radius 2 is 2.38 bits per heavy atom. The van der Waals surface area contributed by atoms with E-state index in [-0.39, 0.29) is 0 Å². The zero-order valence-electron chi connectivity index (χ0n) is 7.79. The zero-order valence-corrected chi connectivity index (χ0v) is 7.79. The van der Waals surface area contributed by atoms with Gasteiger partial charge in [-0.3, -0.25) is 10.00 Å².